The average molecular weight is 315 g/mol. The minimum Gasteiger partial charge on any atom is -0.496 e. The van der Waals surface area contributed by atoms with Crippen LogP contribution in [-0.4, -0.2) is 27.4 Å². The van der Waals surface area contributed by atoms with Crippen LogP contribution in [0, 0.1) is 0 Å². The number of hydrogen-bond acceptors (Lipinski definition) is 4. The number of methoxy groups -OCH3 is 2. The number of ether oxygens (including phenoxy) is 3. The van der Waals surface area contributed by atoms with Crippen LogP contribution in [0.3, 0.4) is 0 Å². The molecule has 0 heterocycles. The van der Waals surface area contributed by atoms with Gasteiger partial charge in [-0.05, 0) is 49.2 Å². The predicted octanol–water partition coefficient (Wildman–Crippen LogP) is 3.43. The molecule has 0 aromatic heterocycles. The molecule has 23 heavy (non-hydrogen) atoms. The topological polar surface area (TPSA) is 39.7 Å². The van der Waals surface area contributed by atoms with Crippen LogP contribution in [0.1, 0.15) is 18.1 Å². The first-order valence-corrected chi connectivity index (χ1v) is 7.90. The van der Waals surface area contributed by atoms with Crippen LogP contribution >= 0.6 is 0 Å². The van der Waals surface area contributed by atoms with Crippen molar-refractivity contribution in [2.75, 3.05) is 27.4 Å². The standard InChI is InChI=1S/C19H25NO3/c1-4-23-18-10-9-15(13-19(18)22-3)14-20-12-11-16-7-5-6-8-17(16)21-2/h5-10,13,20H,4,11-12,14H2,1-3H3. The van der Waals surface area contributed by atoms with Gasteiger partial charge in [-0.15, -0.1) is 0 Å². The summed E-state index contributed by atoms with van der Waals surface area (Å²) in [5.41, 5.74) is 2.39. The molecule has 2 aromatic carbocycles. The largest absolute Gasteiger partial charge is 0.496 e. The first-order chi connectivity index (χ1) is 11.3. The Labute approximate surface area is 138 Å². The molecule has 0 amide bonds. The van der Waals surface area contributed by atoms with Gasteiger partial charge < -0.3 is 19.5 Å². The van der Waals surface area contributed by atoms with Crippen molar-refractivity contribution in [3.05, 3.63) is 53.6 Å². The van der Waals surface area contributed by atoms with Gasteiger partial charge in [0.1, 0.15) is 5.75 Å². The molecule has 4 heteroatoms. The number of benzene rings is 2. The zero-order chi connectivity index (χ0) is 16.5. The molecule has 0 bridgehead atoms. The molecule has 0 aliphatic carbocycles. The van der Waals surface area contributed by atoms with E-state index in [0.29, 0.717) is 6.61 Å². The van der Waals surface area contributed by atoms with Crippen LogP contribution < -0.4 is 19.5 Å². The summed E-state index contributed by atoms with van der Waals surface area (Å²) in [5, 5.41) is 3.45. The predicted molar refractivity (Wildman–Crippen MR) is 92.6 cm³/mol. The molecule has 0 aliphatic heterocycles. The van der Waals surface area contributed by atoms with E-state index in [4.69, 9.17) is 14.2 Å². The highest BCUT2D eigenvalue weighted by atomic mass is 16.5. The fourth-order valence-corrected chi connectivity index (χ4v) is 2.46. The van der Waals surface area contributed by atoms with Gasteiger partial charge in [0.2, 0.25) is 0 Å². The Morgan fingerprint density at radius 1 is 0.913 bits per heavy atom. The quantitative estimate of drug-likeness (QED) is 0.720. The van der Waals surface area contributed by atoms with E-state index in [-0.39, 0.29) is 0 Å². The lowest BCUT2D eigenvalue weighted by Gasteiger charge is -2.12. The Bertz CT molecular complexity index is 613. The molecule has 0 spiro atoms. The molecule has 2 rings (SSSR count). The molecule has 0 atom stereocenters. The van der Waals surface area contributed by atoms with Crippen molar-refractivity contribution in [2.45, 2.75) is 19.9 Å². The van der Waals surface area contributed by atoms with Gasteiger partial charge in [0.15, 0.2) is 11.5 Å². The fourth-order valence-electron chi connectivity index (χ4n) is 2.46. The van der Waals surface area contributed by atoms with Gasteiger partial charge in [-0.3, -0.25) is 0 Å². The van der Waals surface area contributed by atoms with Crippen molar-refractivity contribution in [2.24, 2.45) is 0 Å². The number of rotatable bonds is 9. The second kappa shape index (κ2) is 9.06. The van der Waals surface area contributed by atoms with E-state index in [2.05, 4.69) is 17.4 Å². The summed E-state index contributed by atoms with van der Waals surface area (Å²) in [6.07, 6.45) is 0.929. The molecular weight excluding hydrogens is 290 g/mol. The molecule has 124 valence electrons. The highest BCUT2D eigenvalue weighted by Crippen LogP contribution is 2.28. The zero-order valence-corrected chi connectivity index (χ0v) is 14.1. The summed E-state index contributed by atoms with van der Waals surface area (Å²) in [6, 6.07) is 14.1. The van der Waals surface area contributed by atoms with Crippen LogP contribution in [-0.2, 0) is 13.0 Å². The summed E-state index contributed by atoms with van der Waals surface area (Å²) in [5.74, 6) is 2.50. The molecule has 0 unspecified atom stereocenters. The van der Waals surface area contributed by atoms with E-state index >= 15 is 0 Å². The van der Waals surface area contributed by atoms with Crippen LogP contribution in [0.25, 0.3) is 0 Å². The minimum atomic E-state index is 0.632. The summed E-state index contributed by atoms with van der Waals surface area (Å²) in [7, 11) is 3.37. The number of nitrogens with one attached hydrogen (secondary N) is 1. The van der Waals surface area contributed by atoms with E-state index < -0.39 is 0 Å². The lowest BCUT2D eigenvalue weighted by molar-refractivity contribution is 0.310. The summed E-state index contributed by atoms with van der Waals surface area (Å²) < 4.78 is 16.3. The normalized spacial score (nSPS) is 10.4. The van der Waals surface area contributed by atoms with Crippen molar-refractivity contribution in [1.82, 2.24) is 5.32 Å². The molecule has 2 aromatic rings. The van der Waals surface area contributed by atoms with E-state index in [1.54, 1.807) is 14.2 Å². The van der Waals surface area contributed by atoms with Gasteiger partial charge >= 0.3 is 0 Å². The number of hydrogen-bond donors (Lipinski definition) is 1. The van der Waals surface area contributed by atoms with Gasteiger partial charge in [-0.2, -0.15) is 0 Å². The maximum absolute atomic E-state index is 5.53. The highest BCUT2D eigenvalue weighted by molar-refractivity contribution is 5.43. The van der Waals surface area contributed by atoms with Gasteiger partial charge in [0.25, 0.3) is 0 Å². The third-order valence-corrected chi connectivity index (χ3v) is 3.62. The molecule has 0 saturated carbocycles. The maximum Gasteiger partial charge on any atom is 0.161 e. The molecular formula is C19H25NO3. The van der Waals surface area contributed by atoms with E-state index in [1.165, 1.54) is 11.1 Å². The first kappa shape index (κ1) is 17.2. The Kier molecular flexibility index (Phi) is 6.76. The lowest BCUT2D eigenvalue weighted by atomic mass is 10.1. The maximum atomic E-state index is 5.53. The molecule has 1 N–H and O–H groups in total. The van der Waals surface area contributed by atoms with Crippen molar-refractivity contribution in [3.63, 3.8) is 0 Å². The van der Waals surface area contributed by atoms with Crippen LogP contribution in [0.4, 0.5) is 0 Å². The molecule has 0 saturated heterocycles. The van der Waals surface area contributed by atoms with Crippen LogP contribution in [0.5, 0.6) is 17.2 Å². The SMILES string of the molecule is CCOc1ccc(CNCCc2ccccc2OC)cc1OC. The van der Waals surface area contributed by atoms with Gasteiger partial charge in [0, 0.05) is 6.54 Å². The lowest BCUT2D eigenvalue weighted by Crippen LogP contribution is -2.17. The van der Waals surface area contributed by atoms with Crippen molar-refractivity contribution in [1.29, 1.82) is 0 Å². The Hall–Kier alpha value is -2.20. The second-order valence-corrected chi connectivity index (χ2v) is 5.16. The Morgan fingerprint density at radius 3 is 2.43 bits per heavy atom. The Morgan fingerprint density at radius 2 is 1.70 bits per heavy atom. The van der Waals surface area contributed by atoms with Crippen LogP contribution in [0.15, 0.2) is 42.5 Å². The van der Waals surface area contributed by atoms with Gasteiger partial charge in [0.05, 0.1) is 20.8 Å². The van der Waals surface area contributed by atoms with E-state index in [1.807, 2.05) is 37.3 Å². The van der Waals surface area contributed by atoms with E-state index in [9.17, 15) is 0 Å². The van der Waals surface area contributed by atoms with Gasteiger partial charge in [-0.25, -0.2) is 0 Å². The van der Waals surface area contributed by atoms with Crippen molar-refractivity contribution >= 4 is 0 Å². The summed E-state index contributed by atoms with van der Waals surface area (Å²) >= 11 is 0. The first-order valence-electron chi connectivity index (χ1n) is 7.90. The smallest absolute Gasteiger partial charge is 0.161 e. The molecule has 0 radical (unpaired) electrons. The van der Waals surface area contributed by atoms with Crippen LogP contribution in [0.2, 0.25) is 0 Å². The molecule has 4 nitrogen and oxygen atoms in total. The van der Waals surface area contributed by atoms with Crippen molar-refractivity contribution in [3.8, 4) is 17.2 Å². The fraction of sp³-hybridized carbons (Fsp3) is 0.368. The zero-order valence-electron chi connectivity index (χ0n) is 14.1. The molecule has 0 fully saturated rings. The van der Waals surface area contributed by atoms with E-state index in [0.717, 1.165) is 36.8 Å². The van der Waals surface area contributed by atoms with Gasteiger partial charge in [-0.1, -0.05) is 24.3 Å². The molecule has 0 aliphatic rings. The third-order valence-electron chi connectivity index (χ3n) is 3.62. The summed E-state index contributed by atoms with van der Waals surface area (Å²) in [6.45, 7) is 4.27. The average Bonchev–Trinajstić information content (AvgIpc) is 2.60. The second-order valence-electron chi connectivity index (χ2n) is 5.16. The third kappa shape index (κ3) is 4.89. The summed E-state index contributed by atoms with van der Waals surface area (Å²) in [4.78, 5) is 0. The Balaban J connectivity index is 1.86. The monoisotopic (exact) mass is 315 g/mol. The minimum absolute atomic E-state index is 0.632. The number of para-hydroxylation sites is 1. The highest BCUT2D eigenvalue weighted by Gasteiger charge is 2.05. The van der Waals surface area contributed by atoms with Crippen molar-refractivity contribution < 1.29 is 14.2 Å².